The van der Waals surface area contributed by atoms with Gasteiger partial charge in [-0.1, -0.05) is 17.3 Å². The molecule has 0 saturated carbocycles. The van der Waals surface area contributed by atoms with Gasteiger partial charge in [0, 0.05) is 31.6 Å². The number of nitrogens with zero attached hydrogens (tertiary/aromatic N) is 5. The lowest BCUT2D eigenvalue weighted by Gasteiger charge is -2.38. The molecule has 0 aliphatic carbocycles. The summed E-state index contributed by atoms with van der Waals surface area (Å²) in [5, 5.41) is 12.5. The van der Waals surface area contributed by atoms with Crippen LogP contribution in [-0.4, -0.2) is 56.2 Å². The Hall–Kier alpha value is -3.00. The van der Waals surface area contributed by atoms with Crippen molar-refractivity contribution in [3.63, 3.8) is 0 Å². The maximum atomic E-state index is 12.7. The molecule has 7 nitrogen and oxygen atoms in total. The van der Waals surface area contributed by atoms with E-state index in [1.165, 1.54) is 5.56 Å². The summed E-state index contributed by atoms with van der Waals surface area (Å²) in [6.07, 6.45) is 3.44. The predicted molar refractivity (Wildman–Crippen MR) is 109 cm³/mol. The number of carbonyl (C=O) groups excluding carboxylic acids is 2. The van der Waals surface area contributed by atoms with Gasteiger partial charge >= 0.3 is 0 Å². The fraction of sp³-hybridized carbons (Fsp3) is 0.333. The van der Waals surface area contributed by atoms with Gasteiger partial charge in [-0.15, -0.1) is 5.10 Å². The maximum Gasteiger partial charge on any atom is 0.253 e. The van der Waals surface area contributed by atoms with Crippen LogP contribution in [0.15, 0.2) is 47.3 Å². The van der Waals surface area contributed by atoms with E-state index in [0.29, 0.717) is 31.6 Å². The van der Waals surface area contributed by atoms with E-state index in [-0.39, 0.29) is 17.9 Å². The molecule has 2 aromatic heterocycles. The van der Waals surface area contributed by atoms with Gasteiger partial charge in [-0.25, -0.2) is 4.68 Å². The number of carbonyl (C=O) groups is 2. The number of hydrogen-bond acceptors (Lipinski definition) is 5. The fourth-order valence-corrected chi connectivity index (χ4v) is 4.50. The van der Waals surface area contributed by atoms with Gasteiger partial charge in [0.1, 0.15) is 5.69 Å². The molecule has 1 aromatic carbocycles. The molecule has 2 aliphatic rings. The molecule has 0 radical (unpaired) electrons. The minimum Gasteiger partial charge on any atom is -0.337 e. The largest absolute Gasteiger partial charge is 0.337 e. The van der Waals surface area contributed by atoms with Crippen LogP contribution >= 0.6 is 11.3 Å². The summed E-state index contributed by atoms with van der Waals surface area (Å²) < 4.78 is 1.82. The van der Waals surface area contributed by atoms with Crippen LogP contribution in [0.5, 0.6) is 0 Å². The van der Waals surface area contributed by atoms with Crippen LogP contribution in [0.1, 0.15) is 34.9 Å². The third kappa shape index (κ3) is 3.55. The molecule has 2 amide bonds. The minimum absolute atomic E-state index is 0.0427. The SMILES string of the molecule is O=C1CCCN1Cc1cn(C2CN(C(=O)c3ccc(-c4ccsc4)cc3)C2)nn1. The molecule has 0 bridgehead atoms. The molecular formula is C21H21N5O2S. The fourth-order valence-electron chi connectivity index (χ4n) is 3.84. The Morgan fingerprint density at radius 3 is 2.66 bits per heavy atom. The van der Waals surface area contributed by atoms with E-state index in [1.54, 1.807) is 11.3 Å². The summed E-state index contributed by atoms with van der Waals surface area (Å²) in [5.41, 5.74) is 3.80. The van der Waals surface area contributed by atoms with E-state index >= 15 is 0 Å². The van der Waals surface area contributed by atoms with Gasteiger partial charge in [-0.05, 0) is 46.5 Å². The second-order valence-electron chi connectivity index (χ2n) is 7.56. The van der Waals surface area contributed by atoms with Gasteiger partial charge in [-0.2, -0.15) is 11.3 Å². The van der Waals surface area contributed by atoms with E-state index in [1.807, 2.05) is 50.3 Å². The number of rotatable bonds is 5. The molecule has 2 saturated heterocycles. The number of benzene rings is 1. The molecule has 3 aromatic rings. The molecule has 8 heteroatoms. The Kier molecular flexibility index (Phi) is 4.63. The van der Waals surface area contributed by atoms with Crippen molar-refractivity contribution in [3.8, 4) is 11.1 Å². The van der Waals surface area contributed by atoms with Gasteiger partial charge in [0.25, 0.3) is 5.91 Å². The number of thiophene rings is 1. The van der Waals surface area contributed by atoms with Crippen LogP contribution in [-0.2, 0) is 11.3 Å². The molecule has 2 fully saturated rings. The van der Waals surface area contributed by atoms with Crippen LogP contribution in [0.4, 0.5) is 0 Å². The van der Waals surface area contributed by atoms with Gasteiger partial charge in [0.05, 0.1) is 18.8 Å². The average molecular weight is 407 g/mol. The second kappa shape index (κ2) is 7.44. The topological polar surface area (TPSA) is 71.3 Å². The van der Waals surface area contributed by atoms with Crippen LogP contribution in [0.2, 0.25) is 0 Å². The highest BCUT2D eigenvalue weighted by molar-refractivity contribution is 7.08. The Bertz CT molecular complexity index is 1020. The first kappa shape index (κ1) is 18.1. The zero-order valence-electron chi connectivity index (χ0n) is 15.9. The molecule has 0 atom stereocenters. The normalized spacial score (nSPS) is 17.0. The monoisotopic (exact) mass is 407 g/mol. The van der Waals surface area contributed by atoms with Crippen molar-refractivity contribution < 1.29 is 9.59 Å². The van der Waals surface area contributed by atoms with Crippen LogP contribution in [0.3, 0.4) is 0 Å². The zero-order chi connectivity index (χ0) is 19.8. The van der Waals surface area contributed by atoms with Crippen molar-refractivity contribution in [3.05, 3.63) is 58.5 Å². The summed E-state index contributed by atoms with van der Waals surface area (Å²) in [7, 11) is 0. The van der Waals surface area contributed by atoms with Gasteiger partial charge in [0.2, 0.25) is 5.91 Å². The highest BCUT2D eigenvalue weighted by Gasteiger charge is 2.33. The van der Waals surface area contributed by atoms with Crippen molar-refractivity contribution >= 4 is 23.2 Å². The van der Waals surface area contributed by atoms with Crippen LogP contribution < -0.4 is 0 Å². The molecule has 0 N–H and O–H groups in total. The summed E-state index contributed by atoms with van der Waals surface area (Å²) in [4.78, 5) is 28.1. The molecule has 2 aliphatic heterocycles. The Balaban J connectivity index is 1.17. The first-order valence-electron chi connectivity index (χ1n) is 9.78. The van der Waals surface area contributed by atoms with Crippen LogP contribution in [0.25, 0.3) is 11.1 Å². The molecule has 0 unspecified atom stereocenters. The quantitative estimate of drug-likeness (QED) is 0.652. The van der Waals surface area contributed by atoms with E-state index in [9.17, 15) is 9.59 Å². The third-order valence-electron chi connectivity index (χ3n) is 5.59. The average Bonchev–Trinajstić information content (AvgIpc) is 3.45. The highest BCUT2D eigenvalue weighted by atomic mass is 32.1. The maximum absolute atomic E-state index is 12.7. The molecule has 148 valence electrons. The molecular weight excluding hydrogens is 386 g/mol. The summed E-state index contributed by atoms with van der Waals surface area (Å²) in [6.45, 7) is 2.56. The second-order valence-corrected chi connectivity index (χ2v) is 8.34. The van der Waals surface area contributed by atoms with Crippen molar-refractivity contribution in [2.75, 3.05) is 19.6 Å². The van der Waals surface area contributed by atoms with E-state index in [4.69, 9.17) is 0 Å². The lowest BCUT2D eigenvalue weighted by molar-refractivity contribution is -0.128. The third-order valence-corrected chi connectivity index (χ3v) is 6.28. The standard InChI is InChI=1S/C21H21N5O2S/c27-20-2-1-8-24(20)10-18-11-26(23-22-18)19-12-25(13-19)21(28)16-5-3-15(4-6-16)17-7-9-29-14-17/h3-7,9,11,14,19H,1-2,8,10,12-13H2. The van der Waals surface area contributed by atoms with Gasteiger partial charge in [0.15, 0.2) is 0 Å². The molecule has 0 spiro atoms. The van der Waals surface area contributed by atoms with Crippen molar-refractivity contribution in [2.24, 2.45) is 0 Å². The van der Waals surface area contributed by atoms with Gasteiger partial charge < -0.3 is 9.80 Å². The van der Waals surface area contributed by atoms with E-state index in [2.05, 4.69) is 21.8 Å². The van der Waals surface area contributed by atoms with Crippen molar-refractivity contribution in [1.29, 1.82) is 0 Å². The summed E-state index contributed by atoms with van der Waals surface area (Å²) >= 11 is 1.66. The van der Waals surface area contributed by atoms with Crippen molar-refractivity contribution in [1.82, 2.24) is 24.8 Å². The lowest BCUT2D eigenvalue weighted by Crippen LogP contribution is -2.50. The highest BCUT2D eigenvalue weighted by Crippen LogP contribution is 2.26. The Labute approximate surface area is 172 Å². The van der Waals surface area contributed by atoms with E-state index in [0.717, 1.165) is 24.2 Å². The number of amides is 2. The number of likely N-dealkylation sites (tertiary alicyclic amines) is 2. The van der Waals surface area contributed by atoms with E-state index < -0.39 is 0 Å². The van der Waals surface area contributed by atoms with Gasteiger partial charge in [-0.3, -0.25) is 9.59 Å². The minimum atomic E-state index is 0.0427. The summed E-state index contributed by atoms with van der Waals surface area (Å²) in [5.74, 6) is 0.228. The first-order chi connectivity index (χ1) is 14.2. The molecule has 5 rings (SSSR count). The van der Waals surface area contributed by atoms with Crippen LogP contribution in [0, 0.1) is 0 Å². The number of aromatic nitrogens is 3. The lowest BCUT2D eigenvalue weighted by atomic mass is 10.0. The smallest absolute Gasteiger partial charge is 0.253 e. The number of hydrogen-bond donors (Lipinski definition) is 0. The first-order valence-corrected chi connectivity index (χ1v) is 10.7. The molecule has 4 heterocycles. The zero-order valence-corrected chi connectivity index (χ0v) is 16.7. The Morgan fingerprint density at radius 2 is 1.97 bits per heavy atom. The van der Waals surface area contributed by atoms with Crippen molar-refractivity contribution in [2.45, 2.75) is 25.4 Å². The summed E-state index contributed by atoms with van der Waals surface area (Å²) in [6, 6.07) is 9.99. The predicted octanol–water partition coefficient (Wildman–Crippen LogP) is 2.83. The Morgan fingerprint density at radius 1 is 1.14 bits per heavy atom. The molecule has 29 heavy (non-hydrogen) atoms.